The van der Waals surface area contributed by atoms with Gasteiger partial charge in [-0.2, -0.15) is 0 Å². The molecule has 0 amide bonds. The van der Waals surface area contributed by atoms with Crippen molar-refractivity contribution in [3.8, 4) is 0 Å². The molecule has 0 heterocycles. The highest BCUT2D eigenvalue weighted by molar-refractivity contribution is 9.10. The van der Waals surface area contributed by atoms with Crippen LogP contribution in [0, 0.1) is 22.0 Å². The van der Waals surface area contributed by atoms with Crippen LogP contribution in [0.15, 0.2) is 22.7 Å². The van der Waals surface area contributed by atoms with E-state index in [2.05, 4.69) is 15.9 Å². The van der Waals surface area contributed by atoms with E-state index in [4.69, 9.17) is 10.5 Å². The third kappa shape index (κ3) is 3.77. The van der Waals surface area contributed by atoms with Gasteiger partial charge in [-0.05, 0) is 43.4 Å². The molecule has 1 aromatic rings. The number of nitrogens with zero attached hydrogens (tertiary/aromatic N) is 1. The molecule has 0 spiro atoms. The monoisotopic (exact) mass is 342 g/mol. The van der Waals surface area contributed by atoms with Crippen LogP contribution in [0.1, 0.15) is 24.8 Å². The van der Waals surface area contributed by atoms with E-state index >= 15 is 0 Å². The Morgan fingerprint density at radius 3 is 2.85 bits per heavy atom. The van der Waals surface area contributed by atoms with Gasteiger partial charge in [0.25, 0.3) is 5.69 Å². The third-order valence-corrected chi connectivity index (χ3v) is 4.45. The Morgan fingerprint density at radius 2 is 2.15 bits per heavy atom. The topological polar surface area (TPSA) is 78.4 Å². The Bertz CT molecular complexity index is 481. The first-order chi connectivity index (χ1) is 9.61. The zero-order chi connectivity index (χ0) is 14.5. The highest BCUT2D eigenvalue weighted by atomic mass is 79.9. The zero-order valence-electron chi connectivity index (χ0n) is 11.3. The maximum Gasteiger partial charge on any atom is 0.276 e. The van der Waals surface area contributed by atoms with E-state index < -0.39 is 0 Å². The molecular weight excluding hydrogens is 324 g/mol. The number of rotatable bonds is 6. The van der Waals surface area contributed by atoms with Gasteiger partial charge >= 0.3 is 0 Å². The Balaban J connectivity index is 1.92. The van der Waals surface area contributed by atoms with E-state index in [1.54, 1.807) is 12.1 Å². The minimum absolute atomic E-state index is 0.0983. The standard InChI is InChI=1S/C14H19BrN2O3/c15-13-5-4-12(14(6-13)17(18)19)9-20-8-11-3-1-2-10(11)7-16/h4-6,10-11H,1-3,7-9,16H2. The van der Waals surface area contributed by atoms with Crippen LogP contribution in [0.2, 0.25) is 0 Å². The molecule has 2 N–H and O–H groups in total. The van der Waals surface area contributed by atoms with Crippen LogP contribution in [-0.4, -0.2) is 18.1 Å². The second kappa shape index (κ2) is 7.15. The van der Waals surface area contributed by atoms with Crippen LogP contribution in [0.4, 0.5) is 5.69 Å². The van der Waals surface area contributed by atoms with Crippen molar-refractivity contribution in [2.45, 2.75) is 25.9 Å². The average Bonchev–Trinajstić information content (AvgIpc) is 2.87. The number of nitrogens with two attached hydrogens (primary N) is 1. The van der Waals surface area contributed by atoms with Gasteiger partial charge in [-0.1, -0.05) is 22.4 Å². The molecule has 0 bridgehead atoms. The SMILES string of the molecule is NCC1CCCC1COCc1ccc(Br)cc1[N+](=O)[O-]. The van der Waals surface area contributed by atoms with Crippen LogP contribution in [0.5, 0.6) is 0 Å². The Kier molecular flexibility index (Phi) is 5.51. The summed E-state index contributed by atoms with van der Waals surface area (Å²) >= 11 is 3.24. The van der Waals surface area contributed by atoms with E-state index in [1.807, 2.05) is 0 Å². The summed E-state index contributed by atoms with van der Waals surface area (Å²) in [4.78, 5) is 10.6. The van der Waals surface area contributed by atoms with Gasteiger partial charge in [0.15, 0.2) is 0 Å². The lowest BCUT2D eigenvalue weighted by Crippen LogP contribution is -2.22. The number of nitro benzene ring substituents is 1. The van der Waals surface area contributed by atoms with Gasteiger partial charge in [0.2, 0.25) is 0 Å². The van der Waals surface area contributed by atoms with Crippen molar-refractivity contribution in [3.63, 3.8) is 0 Å². The van der Waals surface area contributed by atoms with Gasteiger partial charge in [0.05, 0.1) is 23.7 Å². The summed E-state index contributed by atoms with van der Waals surface area (Å²) in [6.45, 7) is 1.61. The summed E-state index contributed by atoms with van der Waals surface area (Å²) in [5, 5.41) is 11.0. The molecule has 2 rings (SSSR count). The predicted molar refractivity (Wildman–Crippen MR) is 80.3 cm³/mol. The van der Waals surface area contributed by atoms with Crippen molar-refractivity contribution < 1.29 is 9.66 Å². The third-order valence-electron chi connectivity index (χ3n) is 3.95. The molecule has 20 heavy (non-hydrogen) atoms. The lowest BCUT2D eigenvalue weighted by Gasteiger charge is -2.17. The first-order valence-electron chi connectivity index (χ1n) is 6.82. The molecule has 1 fully saturated rings. The second-order valence-corrected chi connectivity index (χ2v) is 6.15. The fraction of sp³-hybridized carbons (Fsp3) is 0.571. The highest BCUT2D eigenvalue weighted by Crippen LogP contribution is 2.31. The van der Waals surface area contributed by atoms with Gasteiger partial charge in [-0.15, -0.1) is 0 Å². The van der Waals surface area contributed by atoms with Gasteiger partial charge in [-0.25, -0.2) is 0 Å². The summed E-state index contributed by atoms with van der Waals surface area (Å²) < 4.78 is 6.39. The molecule has 110 valence electrons. The Hall–Kier alpha value is -0.980. The van der Waals surface area contributed by atoms with Crippen molar-refractivity contribution in [3.05, 3.63) is 38.3 Å². The van der Waals surface area contributed by atoms with E-state index in [0.717, 1.165) is 6.42 Å². The smallest absolute Gasteiger partial charge is 0.276 e. The molecule has 1 aliphatic carbocycles. The summed E-state index contributed by atoms with van der Waals surface area (Å²) in [6, 6.07) is 5.04. The Morgan fingerprint density at radius 1 is 1.40 bits per heavy atom. The number of ether oxygens (including phenoxy) is 1. The van der Waals surface area contributed by atoms with E-state index in [9.17, 15) is 10.1 Å². The fourth-order valence-corrected chi connectivity index (χ4v) is 3.14. The van der Waals surface area contributed by atoms with Crippen LogP contribution >= 0.6 is 15.9 Å². The van der Waals surface area contributed by atoms with Crippen molar-refractivity contribution in [2.24, 2.45) is 17.6 Å². The van der Waals surface area contributed by atoms with Crippen molar-refractivity contribution in [1.29, 1.82) is 0 Å². The first kappa shape index (κ1) is 15.4. The molecule has 5 nitrogen and oxygen atoms in total. The minimum atomic E-state index is -0.373. The molecule has 0 radical (unpaired) electrons. The van der Waals surface area contributed by atoms with E-state index in [0.29, 0.717) is 35.0 Å². The van der Waals surface area contributed by atoms with E-state index in [1.165, 1.54) is 18.9 Å². The number of hydrogen-bond donors (Lipinski definition) is 1. The van der Waals surface area contributed by atoms with Gasteiger partial charge in [-0.3, -0.25) is 10.1 Å². The second-order valence-electron chi connectivity index (χ2n) is 5.23. The normalized spacial score (nSPS) is 22.1. The van der Waals surface area contributed by atoms with Gasteiger partial charge < -0.3 is 10.5 Å². The minimum Gasteiger partial charge on any atom is -0.376 e. The molecule has 0 aromatic heterocycles. The van der Waals surface area contributed by atoms with Crippen LogP contribution in [-0.2, 0) is 11.3 Å². The molecule has 0 saturated heterocycles. The molecule has 1 aromatic carbocycles. The highest BCUT2D eigenvalue weighted by Gasteiger charge is 2.26. The number of hydrogen-bond acceptors (Lipinski definition) is 4. The summed E-state index contributed by atoms with van der Waals surface area (Å²) in [7, 11) is 0. The van der Waals surface area contributed by atoms with E-state index in [-0.39, 0.29) is 17.2 Å². The predicted octanol–water partition coefficient (Wildman–Crippen LogP) is 3.25. The number of nitro groups is 1. The molecular formula is C14H19BrN2O3. The summed E-state index contributed by atoms with van der Waals surface area (Å²) in [5.41, 5.74) is 6.45. The number of benzene rings is 1. The molecule has 0 aliphatic heterocycles. The Labute approximate surface area is 126 Å². The van der Waals surface area contributed by atoms with Gasteiger partial charge in [0.1, 0.15) is 0 Å². The first-order valence-corrected chi connectivity index (χ1v) is 7.61. The fourth-order valence-electron chi connectivity index (χ4n) is 2.79. The number of halogens is 1. The maximum absolute atomic E-state index is 11.0. The summed E-state index contributed by atoms with van der Waals surface area (Å²) in [5.74, 6) is 1.03. The van der Waals surface area contributed by atoms with Crippen molar-refractivity contribution in [2.75, 3.05) is 13.2 Å². The van der Waals surface area contributed by atoms with Crippen LogP contribution in [0.3, 0.4) is 0 Å². The molecule has 1 saturated carbocycles. The maximum atomic E-state index is 11.0. The van der Waals surface area contributed by atoms with Crippen molar-refractivity contribution >= 4 is 21.6 Å². The molecule has 6 heteroatoms. The lowest BCUT2D eigenvalue weighted by molar-refractivity contribution is -0.386. The average molecular weight is 343 g/mol. The zero-order valence-corrected chi connectivity index (χ0v) is 12.8. The molecule has 2 atom stereocenters. The molecule has 1 aliphatic rings. The molecule has 2 unspecified atom stereocenters. The largest absolute Gasteiger partial charge is 0.376 e. The van der Waals surface area contributed by atoms with Crippen molar-refractivity contribution in [1.82, 2.24) is 0 Å². The summed E-state index contributed by atoms with van der Waals surface area (Å²) in [6.07, 6.45) is 3.52. The van der Waals surface area contributed by atoms with Crippen LogP contribution < -0.4 is 5.73 Å². The lowest BCUT2D eigenvalue weighted by atomic mass is 9.97. The quantitative estimate of drug-likeness (QED) is 0.635. The van der Waals surface area contributed by atoms with Gasteiger partial charge in [0, 0.05) is 10.5 Å². The van der Waals surface area contributed by atoms with Crippen LogP contribution in [0.25, 0.3) is 0 Å².